The second-order valence-electron chi connectivity index (χ2n) is 8.35. The topological polar surface area (TPSA) is 52.6 Å². The fourth-order valence-electron chi connectivity index (χ4n) is 5.85. The molecule has 0 unspecified atom stereocenters. The molecule has 0 saturated heterocycles. The van der Waals surface area contributed by atoms with Crippen molar-refractivity contribution < 1.29 is 15.7 Å². The summed E-state index contributed by atoms with van der Waals surface area (Å²) in [6, 6.07) is 0. The van der Waals surface area contributed by atoms with E-state index in [0.717, 1.165) is 34.8 Å². The maximum absolute atomic E-state index is 13.2. The molecular weight excluding hydrogens is 431 g/mol. The zero-order chi connectivity index (χ0) is 17.0. The van der Waals surface area contributed by atoms with E-state index in [0.29, 0.717) is 24.2 Å². The first kappa shape index (κ1) is 16.1. The molecule has 0 N–H and O–H groups in total. The van der Waals surface area contributed by atoms with Gasteiger partial charge < -0.3 is 0 Å². The molecule has 5 heteroatoms. The van der Waals surface area contributed by atoms with Crippen molar-refractivity contribution in [3.8, 4) is 0 Å². The number of rotatable bonds is 2. The molecule has 0 amide bonds. The van der Waals surface area contributed by atoms with Crippen LogP contribution >= 0.6 is 20.6 Å². The Balaban J connectivity index is 1.39. The summed E-state index contributed by atoms with van der Waals surface area (Å²) in [7, 11) is 0. The number of allylic oxidation sites excluding steroid dienone is 5. The first-order valence-electron chi connectivity index (χ1n) is 9.31. The normalized spacial score (nSPS) is 39.9. The van der Waals surface area contributed by atoms with Crippen molar-refractivity contribution in [3.63, 3.8) is 0 Å². The zero-order valence-electron chi connectivity index (χ0n) is 14.2. The molecule has 0 spiro atoms. The Morgan fingerprint density at radius 1 is 1.12 bits per heavy atom. The van der Waals surface area contributed by atoms with Gasteiger partial charge in [-0.15, -0.1) is 0 Å². The van der Waals surface area contributed by atoms with E-state index in [1.54, 1.807) is 0 Å². The van der Waals surface area contributed by atoms with E-state index in [9.17, 15) is 9.59 Å². The molecule has 0 aromatic carbocycles. The first-order valence-corrected chi connectivity index (χ1v) is 12.1. The predicted molar refractivity (Wildman–Crippen MR) is 101 cm³/mol. The Kier molecular flexibility index (Phi) is 3.84. The molecule has 0 radical (unpaired) electrons. The monoisotopic (exact) mass is 454 g/mol. The van der Waals surface area contributed by atoms with Gasteiger partial charge in [0.1, 0.15) is 0 Å². The molecular formula is C20H23IO4. The zero-order valence-corrected chi connectivity index (χ0v) is 16.4. The summed E-state index contributed by atoms with van der Waals surface area (Å²) in [6.45, 7) is 0. The van der Waals surface area contributed by atoms with Crippen molar-refractivity contribution >= 4 is 32.6 Å². The minimum absolute atomic E-state index is 0.0658. The fourth-order valence-corrected chi connectivity index (χ4v) is 9.38. The maximum atomic E-state index is 13.2. The van der Waals surface area contributed by atoms with Gasteiger partial charge in [0.15, 0.2) is 0 Å². The van der Waals surface area contributed by atoms with Crippen LogP contribution < -0.4 is 0 Å². The predicted octanol–water partition coefficient (Wildman–Crippen LogP) is 4.80. The van der Waals surface area contributed by atoms with Gasteiger partial charge in [0, 0.05) is 0 Å². The average Bonchev–Trinajstić information content (AvgIpc) is 2.79. The second kappa shape index (κ2) is 5.96. The van der Waals surface area contributed by atoms with Crippen molar-refractivity contribution in [2.45, 2.75) is 51.4 Å². The van der Waals surface area contributed by atoms with Gasteiger partial charge >= 0.3 is 156 Å². The summed E-state index contributed by atoms with van der Waals surface area (Å²) in [6.07, 6.45) is 15.9. The second-order valence-corrected chi connectivity index (χ2v) is 11.6. The van der Waals surface area contributed by atoms with Crippen molar-refractivity contribution in [3.05, 3.63) is 33.5 Å². The van der Waals surface area contributed by atoms with E-state index >= 15 is 0 Å². The van der Waals surface area contributed by atoms with Crippen LogP contribution in [0.15, 0.2) is 33.5 Å². The molecule has 6 aliphatic rings. The Labute approximate surface area is 156 Å². The molecule has 1 aliphatic heterocycles. The van der Waals surface area contributed by atoms with Crippen LogP contribution in [0.2, 0.25) is 0 Å². The van der Waals surface area contributed by atoms with Crippen molar-refractivity contribution in [1.82, 2.24) is 0 Å². The van der Waals surface area contributed by atoms with Crippen LogP contribution in [0.4, 0.5) is 0 Å². The molecule has 0 atom stereocenters. The molecule has 4 saturated carbocycles. The summed E-state index contributed by atoms with van der Waals surface area (Å²) in [5.41, 5.74) is 0.786. The number of hydrogen-bond acceptors (Lipinski definition) is 4. The van der Waals surface area contributed by atoms with Gasteiger partial charge in [0.25, 0.3) is 0 Å². The Morgan fingerprint density at radius 2 is 1.80 bits per heavy atom. The third-order valence-corrected chi connectivity index (χ3v) is 10.2. The molecule has 0 aromatic rings. The van der Waals surface area contributed by atoms with Crippen LogP contribution in [0.5, 0.6) is 0 Å². The summed E-state index contributed by atoms with van der Waals surface area (Å²) >= 11 is -2.69. The fraction of sp³-hybridized carbons (Fsp3) is 0.600. The summed E-state index contributed by atoms with van der Waals surface area (Å²) in [5, 5.41) is 0. The number of carbonyl (C=O) groups is 2. The van der Waals surface area contributed by atoms with Gasteiger partial charge in [-0.3, -0.25) is 0 Å². The molecule has 134 valence electrons. The van der Waals surface area contributed by atoms with E-state index in [4.69, 9.17) is 6.13 Å². The third kappa shape index (κ3) is 2.78. The van der Waals surface area contributed by atoms with Crippen LogP contribution in [-0.4, -0.2) is 11.9 Å². The molecule has 4 nitrogen and oxygen atoms in total. The van der Waals surface area contributed by atoms with E-state index in [1.165, 1.54) is 19.3 Å². The first-order chi connectivity index (χ1) is 12.1. The van der Waals surface area contributed by atoms with Gasteiger partial charge in [-0.05, 0) is 0 Å². The van der Waals surface area contributed by atoms with Crippen LogP contribution in [0.1, 0.15) is 51.4 Å². The third-order valence-electron chi connectivity index (χ3n) is 6.48. The standard InChI is InChI=1S/C20H23IO4/c22-18-9-16-4-2-1-3-5-17(16)21(24-18)25-19(23)20-10-13-6-14(11-20)8-15(7-13)12-20/h1-3,5,13-15H,4,6-12H2. The Bertz CT molecular complexity index is 682. The molecule has 25 heavy (non-hydrogen) atoms. The number of halogens is 1. The van der Waals surface area contributed by atoms with Crippen LogP contribution in [-0.2, 0) is 15.7 Å². The molecule has 4 fully saturated rings. The molecule has 1 heterocycles. The van der Waals surface area contributed by atoms with Gasteiger partial charge in [0.05, 0.1) is 0 Å². The number of carbonyl (C=O) groups excluding carboxylic acids is 2. The molecule has 0 aromatic heterocycles. The summed E-state index contributed by atoms with van der Waals surface area (Å²) < 4.78 is 12.6. The molecule has 5 aliphatic carbocycles. The van der Waals surface area contributed by atoms with E-state index in [-0.39, 0.29) is 17.4 Å². The van der Waals surface area contributed by atoms with Crippen molar-refractivity contribution in [2.24, 2.45) is 23.2 Å². The minimum atomic E-state index is -2.69. The van der Waals surface area contributed by atoms with Gasteiger partial charge in [-0.1, -0.05) is 0 Å². The quantitative estimate of drug-likeness (QED) is 0.563. The SMILES string of the molecule is O=C1CC2=C(C=CC=CC2)I(OC(=O)C23CC4CC(CC(C4)C2)C3)O1. The summed E-state index contributed by atoms with van der Waals surface area (Å²) in [4.78, 5) is 25.2. The average molecular weight is 454 g/mol. The molecule has 4 bridgehead atoms. The Morgan fingerprint density at radius 3 is 2.48 bits per heavy atom. The van der Waals surface area contributed by atoms with E-state index in [1.807, 2.05) is 24.3 Å². The van der Waals surface area contributed by atoms with E-state index in [2.05, 4.69) is 0 Å². The molecule has 6 rings (SSSR count). The van der Waals surface area contributed by atoms with Gasteiger partial charge in [-0.2, -0.15) is 0 Å². The van der Waals surface area contributed by atoms with E-state index < -0.39 is 20.6 Å². The van der Waals surface area contributed by atoms with Crippen LogP contribution in [0, 0.1) is 23.2 Å². The van der Waals surface area contributed by atoms with Gasteiger partial charge in [-0.25, -0.2) is 0 Å². The van der Waals surface area contributed by atoms with Crippen molar-refractivity contribution in [1.29, 1.82) is 0 Å². The van der Waals surface area contributed by atoms with Crippen LogP contribution in [0.25, 0.3) is 0 Å². The van der Waals surface area contributed by atoms with Crippen LogP contribution in [0.3, 0.4) is 0 Å². The van der Waals surface area contributed by atoms with Crippen molar-refractivity contribution in [2.75, 3.05) is 0 Å². The summed E-state index contributed by atoms with van der Waals surface area (Å²) in [5.74, 6) is 1.81. The number of hydrogen-bond donors (Lipinski definition) is 0. The van der Waals surface area contributed by atoms with Gasteiger partial charge in [0.2, 0.25) is 0 Å². The Hall–Kier alpha value is -1.11.